The largest absolute Gasteiger partial charge is 0.491 e. The maximum atomic E-state index is 13.1. The van der Waals surface area contributed by atoms with Crippen molar-refractivity contribution in [3.8, 4) is 5.75 Å². The van der Waals surface area contributed by atoms with E-state index in [1.165, 1.54) is 11.1 Å². The highest BCUT2D eigenvalue weighted by molar-refractivity contribution is 7.84. The minimum Gasteiger partial charge on any atom is -0.491 e. The van der Waals surface area contributed by atoms with Gasteiger partial charge in [-0.2, -0.15) is 0 Å². The zero-order valence-electron chi connectivity index (χ0n) is 27.6. The molecule has 1 heterocycles. The zero-order chi connectivity index (χ0) is 32.7. The van der Waals surface area contributed by atoms with Gasteiger partial charge in [-0.05, 0) is 113 Å². The van der Waals surface area contributed by atoms with E-state index < -0.39 is 22.0 Å². The molecule has 1 N–H and O–H groups in total. The molecule has 2 aliphatic rings. The Morgan fingerprint density at radius 1 is 1.16 bits per heavy atom. The summed E-state index contributed by atoms with van der Waals surface area (Å²) in [4.78, 5) is 15.5. The summed E-state index contributed by atoms with van der Waals surface area (Å²) < 4.78 is 36.3. The minimum absolute atomic E-state index is 0.109. The predicted octanol–water partition coefficient (Wildman–Crippen LogP) is 6.91. The highest BCUT2D eigenvalue weighted by Gasteiger charge is 2.39. The summed E-state index contributed by atoms with van der Waals surface area (Å²) in [5.41, 5.74) is 3.84. The number of rotatable bonds is 14. The molecule has 7 nitrogen and oxygen atoms in total. The van der Waals surface area contributed by atoms with Crippen molar-refractivity contribution in [3.05, 3.63) is 70.3 Å². The summed E-state index contributed by atoms with van der Waals surface area (Å²) in [7, 11) is 1.24. The SMILES string of the molecule is CC/C=C/C(CS(=O)N(C)C)C1CCC1CN1CC(c2ccc(Cl)cc2CCC)COc2ccc(C(=O)NS(=O)C(C)C)cc21. The molecule has 45 heavy (non-hydrogen) atoms. The molecule has 6 atom stereocenters. The van der Waals surface area contributed by atoms with Crippen molar-refractivity contribution in [2.75, 3.05) is 44.4 Å². The first-order chi connectivity index (χ1) is 21.5. The fourth-order valence-electron chi connectivity index (χ4n) is 6.34. The second-order valence-electron chi connectivity index (χ2n) is 12.8. The molecule has 1 aliphatic carbocycles. The number of aryl methyl sites for hydroxylation is 1. The average molecular weight is 676 g/mol. The molecule has 6 unspecified atom stereocenters. The molecule has 1 aliphatic heterocycles. The van der Waals surface area contributed by atoms with Crippen LogP contribution >= 0.6 is 11.6 Å². The van der Waals surface area contributed by atoms with E-state index in [0.717, 1.165) is 61.7 Å². The lowest BCUT2D eigenvalue weighted by molar-refractivity contribution is 0.0982. The normalized spacial score (nSPS) is 22.0. The summed E-state index contributed by atoms with van der Waals surface area (Å²) in [6.45, 7) is 10.0. The van der Waals surface area contributed by atoms with Gasteiger partial charge in [0.05, 0.1) is 23.3 Å². The van der Waals surface area contributed by atoms with E-state index >= 15 is 0 Å². The Balaban J connectivity index is 1.68. The van der Waals surface area contributed by atoms with Crippen LogP contribution in [0.25, 0.3) is 0 Å². The van der Waals surface area contributed by atoms with E-state index in [0.29, 0.717) is 29.8 Å². The van der Waals surface area contributed by atoms with Gasteiger partial charge in [-0.1, -0.05) is 50.1 Å². The maximum absolute atomic E-state index is 13.1. The Morgan fingerprint density at radius 2 is 1.93 bits per heavy atom. The number of fused-ring (bicyclic) bond motifs is 1. The van der Waals surface area contributed by atoms with E-state index in [9.17, 15) is 13.2 Å². The number of anilines is 1. The summed E-state index contributed by atoms with van der Waals surface area (Å²) in [5, 5.41) is 0.559. The predicted molar refractivity (Wildman–Crippen MR) is 189 cm³/mol. The van der Waals surface area contributed by atoms with E-state index in [2.05, 4.69) is 47.8 Å². The monoisotopic (exact) mass is 675 g/mol. The Morgan fingerprint density at radius 3 is 2.58 bits per heavy atom. The van der Waals surface area contributed by atoms with Gasteiger partial charge in [0.2, 0.25) is 0 Å². The molecule has 1 saturated carbocycles. The Kier molecular flexibility index (Phi) is 13.1. The van der Waals surface area contributed by atoms with Crippen LogP contribution in [-0.2, 0) is 28.4 Å². The van der Waals surface area contributed by atoms with Crippen LogP contribution in [0.5, 0.6) is 5.75 Å². The number of nitrogens with zero attached hydrogens (tertiary/aromatic N) is 2. The Labute approximate surface area is 280 Å². The lowest BCUT2D eigenvalue weighted by Crippen LogP contribution is -2.43. The third-order valence-electron chi connectivity index (χ3n) is 8.97. The van der Waals surface area contributed by atoms with Crippen LogP contribution < -0.4 is 14.4 Å². The summed E-state index contributed by atoms with van der Waals surface area (Å²) in [5.74, 6) is 2.19. The standard InChI is InChI=1S/C35H50ClN3O4S2/c1-7-9-11-28(23-44(41)38(5)6)32-15-12-27(32)20-39-21-29(31-16-14-30(36)18-25(31)10-8-2)22-43-34-17-13-26(19-33(34)39)35(40)37-45(42)24(3)4/h9,11,13-14,16-19,24,27-29,32H,7-8,10,12,15,20-23H2,1-6H3,(H,37,40)/b11-9+. The third kappa shape index (κ3) is 9.21. The van der Waals surface area contributed by atoms with Gasteiger partial charge in [0.15, 0.2) is 0 Å². The number of amides is 1. The van der Waals surface area contributed by atoms with Gasteiger partial charge in [0, 0.05) is 40.6 Å². The molecule has 2 aromatic carbocycles. The van der Waals surface area contributed by atoms with Crippen LogP contribution in [0.3, 0.4) is 0 Å². The van der Waals surface area contributed by atoms with Crippen molar-refractivity contribution >= 4 is 45.2 Å². The van der Waals surface area contributed by atoms with Gasteiger partial charge in [0.1, 0.15) is 16.7 Å². The van der Waals surface area contributed by atoms with Crippen LogP contribution in [0.2, 0.25) is 5.02 Å². The van der Waals surface area contributed by atoms with E-state index in [-0.39, 0.29) is 23.0 Å². The second-order valence-corrected chi connectivity index (χ2v) is 16.7. The summed E-state index contributed by atoms with van der Waals surface area (Å²) >= 11 is 6.43. The molecule has 10 heteroatoms. The molecule has 0 aromatic heterocycles. The highest BCUT2D eigenvalue weighted by atomic mass is 35.5. The Bertz CT molecular complexity index is 1400. The lowest BCUT2D eigenvalue weighted by Gasteiger charge is -2.44. The number of ether oxygens (including phenoxy) is 1. The molecule has 248 valence electrons. The van der Waals surface area contributed by atoms with Crippen molar-refractivity contribution in [1.82, 2.24) is 9.03 Å². The Hall–Kier alpha value is -2.20. The molecule has 0 bridgehead atoms. The number of carbonyl (C=O) groups is 1. The molecule has 1 amide bonds. The van der Waals surface area contributed by atoms with Crippen LogP contribution in [0.1, 0.15) is 80.8 Å². The van der Waals surface area contributed by atoms with Crippen LogP contribution in [-0.4, -0.2) is 63.4 Å². The van der Waals surface area contributed by atoms with E-state index in [1.807, 2.05) is 46.1 Å². The molecular weight excluding hydrogens is 626 g/mol. The van der Waals surface area contributed by atoms with Crippen molar-refractivity contribution in [2.24, 2.45) is 17.8 Å². The first kappa shape index (κ1) is 35.7. The minimum atomic E-state index is -1.47. The molecule has 0 radical (unpaired) electrons. The van der Waals surface area contributed by atoms with Gasteiger partial charge >= 0.3 is 0 Å². The van der Waals surface area contributed by atoms with Crippen molar-refractivity contribution in [3.63, 3.8) is 0 Å². The number of carbonyl (C=O) groups excluding carboxylic acids is 1. The lowest BCUT2D eigenvalue weighted by atomic mass is 9.67. The molecule has 0 spiro atoms. The van der Waals surface area contributed by atoms with Crippen molar-refractivity contribution in [1.29, 1.82) is 0 Å². The molecule has 2 aromatic rings. The van der Waals surface area contributed by atoms with Crippen LogP contribution in [0, 0.1) is 17.8 Å². The number of allylic oxidation sites excluding steroid dienone is 2. The topological polar surface area (TPSA) is 79.0 Å². The first-order valence-electron chi connectivity index (χ1n) is 16.3. The maximum Gasteiger partial charge on any atom is 0.263 e. The van der Waals surface area contributed by atoms with Gasteiger partial charge < -0.3 is 9.64 Å². The van der Waals surface area contributed by atoms with Crippen LogP contribution in [0.4, 0.5) is 5.69 Å². The number of nitrogens with one attached hydrogen (secondary N) is 1. The molecule has 0 saturated heterocycles. The quantitative estimate of drug-likeness (QED) is 0.220. The average Bonchev–Trinajstić information content (AvgIpc) is 3.17. The molecule has 4 rings (SSSR count). The first-order valence-corrected chi connectivity index (χ1v) is 19.1. The number of hydrogen-bond donors (Lipinski definition) is 1. The number of halogens is 1. The summed E-state index contributed by atoms with van der Waals surface area (Å²) in [6.07, 6.45) is 9.61. The molecule has 1 fully saturated rings. The van der Waals surface area contributed by atoms with Gasteiger partial charge in [-0.25, -0.2) is 12.7 Å². The third-order valence-corrected chi connectivity index (χ3v) is 11.9. The van der Waals surface area contributed by atoms with E-state index in [1.54, 1.807) is 10.4 Å². The van der Waals surface area contributed by atoms with E-state index in [4.69, 9.17) is 16.3 Å². The highest BCUT2D eigenvalue weighted by Crippen LogP contribution is 2.44. The number of benzene rings is 2. The summed E-state index contributed by atoms with van der Waals surface area (Å²) in [6, 6.07) is 11.7. The number of hydrogen-bond acceptors (Lipinski definition) is 5. The van der Waals surface area contributed by atoms with Crippen LogP contribution in [0.15, 0.2) is 48.6 Å². The smallest absolute Gasteiger partial charge is 0.263 e. The fraction of sp³-hybridized carbons (Fsp3) is 0.571. The molecular formula is C35H50ClN3O4S2. The van der Waals surface area contributed by atoms with Gasteiger partial charge in [-0.15, -0.1) is 0 Å². The fourth-order valence-corrected chi connectivity index (χ4v) is 8.05. The van der Waals surface area contributed by atoms with Crippen molar-refractivity contribution in [2.45, 2.75) is 71.0 Å². The van der Waals surface area contributed by atoms with Gasteiger partial charge in [0.25, 0.3) is 5.91 Å². The van der Waals surface area contributed by atoms with Gasteiger partial charge in [-0.3, -0.25) is 9.52 Å². The zero-order valence-corrected chi connectivity index (χ0v) is 30.0. The second kappa shape index (κ2) is 16.6. The van der Waals surface area contributed by atoms with Crippen molar-refractivity contribution < 1.29 is 17.9 Å².